The number of aliphatic hydroxyl groups is 1. The van der Waals surface area contributed by atoms with Crippen molar-refractivity contribution < 1.29 is 9.90 Å². The molecule has 0 aliphatic carbocycles. The monoisotopic (exact) mass is 267 g/mol. The molecule has 0 aliphatic rings. The van der Waals surface area contributed by atoms with Crippen molar-refractivity contribution in [1.29, 1.82) is 0 Å². The summed E-state index contributed by atoms with van der Waals surface area (Å²) < 4.78 is 0. The van der Waals surface area contributed by atoms with Gasteiger partial charge in [-0.1, -0.05) is 54.6 Å². The lowest BCUT2D eigenvalue weighted by molar-refractivity contribution is -0.111. The molecule has 1 atom stereocenters. The number of aryl methyl sites for hydroxylation is 1. The smallest absolute Gasteiger partial charge is 0.247 e. The van der Waals surface area contributed by atoms with Crippen molar-refractivity contribution in [2.75, 3.05) is 5.32 Å². The third kappa shape index (κ3) is 3.13. The van der Waals surface area contributed by atoms with Crippen LogP contribution >= 0.6 is 0 Å². The molecule has 0 saturated carbocycles. The van der Waals surface area contributed by atoms with Gasteiger partial charge in [0, 0.05) is 11.3 Å². The highest BCUT2D eigenvalue weighted by Gasteiger charge is 2.15. The number of carbonyl (C=O) groups excluding carboxylic acids is 1. The van der Waals surface area contributed by atoms with Crippen LogP contribution in [0.25, 0.3) is 0 Å². The van der Waals surface area contributed by atoms with E-state index in [4.69, 9.17) is 0 Å². The Bertz CT molecular complexity index is 620. The lowest BCUT2D eigenvalue weighted by Crippen LogP contribution is -2.12. The minimum atomic E-state index is -0.781. The van der Waals surface area contributed by atoms with Gasteiger partial charge >= 0.3 is 0 Å². The molecule has 0 spiro atoms. The van der Waals surface area contributed by atoms with E-state index in [0.29, 0.717) is 11.3 Å². The van der Waals surface area contributed by atoms with E-state index in [1.165, 1.54) is 6.08 Å². The molecule has 1 unspecified atom stereocenters. The molecule has 2 aromatic carbocycles. The lowest BCUT2D eigenvalue weighted by atomic mass is 9.98. The van der Waals surface area contributed by atoms with Gasteiger partial charge in [0.05, 0.1) is 0 Å². The minimum Gasteiger partial charge on any atom is -0.384 e. The SMILES string of the molecule is C=CC(=O)Nc1ccc(C)cc1C(O)c1ccccc1. The van der Waals surface area contributed by atoms with Crippen molar-refractivity contribution in [2.24, 2.45) is 0 Å². The standard InChI is InChI=1S/C17H17NO2/c1-3-16(19)18-15-10-9-12(2)11-14(15)17(20)13-7-5-4-6-8-13/h3-11,17,20H,1H2,2H3,(H,18,19). The molecule has 0 heterocycles. The van der Waals surface area contributed by atoms with Gasteiger partial charge < -0.3 is 10.4 Å². The van der Waals surface area contributed by atoms with Gasteiger partial charge in [0.1, 0.15) is 6.10 Å². The van der Waals surface area contributed by atoms with Gasteiger partial charge in [-0.3, -0.25) is 4.79 Å². The van der Waals surface area contributed by atoms with E-state index < -0.39 is 6.10 Å². The lowest BCUT2D eigenvalue weighted by Gasteiger charge is -2.17. The Morgan fingerprint density at radius 3 is 2.60 bits per heavy atom. The number of aliphatic hydroxyl groups excluding tert-OH is 1. The topological polar surface area (TPSA) is 49.3 Å². The largest absolute Gasteiger partial charge is 0.384 e. The molecule has 1 amide bonds. The molecule has 2 aromatic rings. The first-order valence-electron chi connectivity index (χ1n) is 6.39. The van der Waals surface area contributed by atoms with Crippen molar-refractivity contribution in [3.05, 3.63) is 77.9 Å². The van der Waals surface area contributed by atoms with Crippen LogP contribution in [-0.4, -0.2) is 11.0 Å². The third-order valence-corrected chi connectivity index (χ3v) is 3.06. The van der Waals surface area contributed by atoms with Crippen molar-refractivity contribution >= 4 is 11.6 Å². The maximum Gasteiger partial charge on any atom is 0.247 e. The van der Waals surface area contributed by atoms with Crippen LogP contribution < -0.4 is 5.32 Å². The van der Waals surface area contributed by atoms with E-state index in [0.717, 1.165) is 11.1 Å². The molecule has 2 N–H and O–H groups in total. The highest BCUT2D eigenvalue weighted by atomic mass is 16.3. The number of amides is 1. The number of hydrogen-bond acceptors (Lipinski definition) is 2. The molecule has 2 rings (SSSR count). The Labute approximate surface area is 118 Å². The van der Waals surface area contributed by atoms with Crippen LogP contribution in [-0.2, 0) is 4.79 Å². The highest BCUT2D eigenvalue weighted by Crippen LogP contribution is 2.29. The molecule has 0 aromatic heterocycles. The molecule has 3 heteroatoms. The third-order valence-electron chi connectivity index (χ3n) is 3.06. The van der Waals surface area contributed by atoms with Crippen LogP contribution in [0.3, 0.4) is 0 Å². The van der Waals surface area contributed by atoms with E-state index >= 15 is 0 Å². The van der Waals surface area contributed by atoms with Gasteiger partial charge in [-0.25, -0.2) is 0 Å². The van der Waals surface area contributed by atoms with Crippen molar-refractivity contribution in [1.82, 2.24) is 0 Å². The first-order chi connectivity index (χ1) is 9.61. The van der Waals surface area contributed by atoms with Crippen LogP contribution in [0.2, 0.25) is 0 Å². The van der Waals surface area contributed by atoms with Gasteiger partial charge in [0.2, 0.25) is 5.91 Å². The van der Waals surface area contributed by atoms with E-state index in [1.807, 2.05) is 49.4 Å². The minimum absolute atomic E-state index is 0.296. The average Bonchev–Trinajstić information content (AvgIpc) is 2.49. The summed E-state index contributed by atoms with van der Waals surface area (Å²) in [6.45, 7) is 5.38. The van der Waals surface area contributed by atoms with E-state index in [9.17, 15) is 9.90 Å². The van der Waals surface area contributed by atoms with Gasteiger partial charge in [0.25, 0.3) is 0 Å². The predicted molar refractivity (Wildman–Crippen MR) is 80.5 cm³/mol. The fourth-order valence-electron chi connectivity index (χ4n) is 2.02. The molecular weight excluding hydrogens is 250 g/mol. The van der Waals surface area contributed by atoms with E-state index in [1.54, 1.807) is 6.07 Å². The normalized spacial score (nSPS) is 11.7. The zero-order chi connectivity index (χ0) is 14.5. The quantitative estimate of drug-likeness (QED) is 0.836. The number of anilines is 1. The van der Waals surface area contributed by atoms with Crippen LogP contribution in [0.4, 0.5) is 5.69 Å². The van der Waals surface area contributed by atoms with Crippen molar-refractivity contribution in [3.63, 3.8) is 0 Å². The summed E-state index contributed by atoms with van der Waals surface area (Å²) in [7, 11) is 0. The van der Waals surface area contributed by atoms with Crippen molar-refractivity contribution in [2.45, 2.75) is 13.0 Å². The van der Waals surface area contributed by atoms with E-state index in [-0.39, 0.29) is 5.91 Å². The van der Waals surface area contributed by atoms with Gasteiger partial charge in [-0.05, 0) is 24.6 Å². The molecule has 0 radical (unpaired) electrons. The molecule has 0 saturated heterocycles. The predicted octanol–water partition coefficient (Wildman–Crippen LogP) is 3.20. The van der Waals surface area contributed by atoms with Gasteiger partial charge in [-0.15, -0.1) is 0 Å². The Morgan fingerprint density at radius 2 is 1.95 bits per heavy atom. The number of hydrogen-bond donors (Lipinski definition) is 2. The average molecular weight is 267 g/mol. The maximum atomic E-state index is 11.5. The first kappa shape index (κ1) is 14.0. The highest BCUT2D eigenvalue weighted by molar-refractivity contribution is 5.99. The number of benzene rings is 2. The number of rotatable bonds is 4. The molecule has 102 valence electrons. The Kier molecular flexibility index (Phi) is 4.33. The molecule has 0 aliphatic heterocycles. The summed E-state index contributed by atoms with van der Waals surface area (Å²) in [5.74, 6) is -0.296. The van der Waals surface area contributed by atoms with Crippen molar-refractivity contribution in [3.8, 4) is 0 Å². The molecule has 20 heavy (non-hydrogen) atoms. The summed E-state index contributed by atoms with van der Waals surface area (Å²) in [6, 6.07) is 14.9. The maximum absolute atomic E-state index is 11.5. The van der Waals surface area contributed by atoms with E-state index in [2.05, 4.69) is 11.9 Å². The second kappa shape index (κ2) is 6.17. The Balaban J connectivity index is 2.41. The first-order valence-corrected chi connectivity index (χ1v) is 6.39. The molecule has 3 nitrogen and oxygen atoms in total. The molecule has 0 bridgehead atoms. The van der Waals surface area contributed by atoms with Crippen LogP contribution in [0.15, 0.2) is 61.2 Å². The number of nitrogens with one attached hydrogen (secondary N) is 1. The summed E-state index contributed by atoms with van der Waals surface area (Å²) in [6.07, 6.45) is 0.426. The van der Waals surface area contributed by atoms with Crippen LogP contribution in [0.5, 0.6) is 0 Å². The Hall–Kier alpha value is -2.39. The fraction of sp³-hybridized carbons (Fsp3) is 0.118. The summed E-state index contributed by atoms with van der Waals surface area (Å²) >= 11 is 0. The van der Waals surface area contributed by atoms with Crippen LogP contribution in [0, 0.1) is 6.92 Å². The zero-order valence-corrected chi connectivity index (χ0v) is 11.3. The molecule has 0 fully saturated rings. The zero-order valence-electron chi connectivity index (χ0n) is 11.3. The summed E-state index contributed by atoms with van der Waals surface area (Å²) in [5, 5.41) is 13.2. The Morgan fingerprint density at radius 1 is 1.25 bits per heavy atom. The second-order valence-corrected chi connectivity index (χ2v) is 4.60. The second-order valence-electron chi connectivity index (χ2n) is 4.60. The van der Waals surface area contributed by atoms with Gasteiger partial charge in [0.15, 0.2) is 0 Å². The fourth-order valence-corrected chi connectivity index (χ4v) is 2.02. The molecular formula is C17H17NO2. The summed E-state index contributed by atoms with van der Waals surface area (Å²) in [4.78, 5) is 11.5. The summed E-state index contributed by atoms with van der Waals surface area (Å²) in [5.41, 5.74) is 3.07. The number of carbonyl (C=O) groups is 1. The van der Waals surface area contributed by atoms with Crippen LogP contribution in [0.1, 0.15) is 22.8 Å². The van der Waals surface area contributed by atoms with Gasteiger partial charge in [-0.2, -0.15) is 0 Å².